The molecule has 2 N–H and O–H groups in total. The lowest BCUT2D eigenvalue weighted by Gasteiger charge is -2.59. The van der Waals surface area contributed by atoms with E-state index in [4.69, 9.17) is 0 Å². The molecule has 4 aliphatic rings. The molecule has 3 heteroatoms. The van der Waals surface area contributed by atoms with Crippen molar-refractivity contribution in [2.24, 2.45) is 40.4 Å². The molecule has 0 aliphatic heterocycles. The maximum atomic E-state index is 14.1. The zero-order valence-electron chi connectivity index (χ0n) is 22.4. The summed E-state index contributed by atoms with van der Waals surface area (Å²) >= 11 is 0. The van der Waals surface area contributed by atoms with Crippen molar-refractivity contribution in [2.75, 3.05) is 0 Å². The molecule has 3 fully saturated rings. The molecule has 1 aromatic carbocycles. The summed E-state index contributed by atoms with van der Waals surface area (Å²) in [6, 6.07) is 6.66. The van der Waals surface area contributed by atoms with Gasteiger partial charge in [0.1, 0.15) is 5.82 Å². The van der Waals surface area contributed by atoms with Gasteiger partial charge < -0.3 is 10.2 Å². The second-order valence-electron chi connectivity index (χ2n) is 13.3. The lowest BCUT2D eigenvalue weighted by atomic mass is 9.46. The normalized spacial score (nSPS) is 42.4. The van der Waals surface area contributed by atoms with Gasteiger partial charge in [-0.15, -0.1) is 0 Å². The molecule has 0 spiro atoms. The molecule has 4 aliphatic carbocycles. The van der Waals surface area contributed by atoms with Crippen molar-refractivity contribution in [3.05, 3.63) is 47.3 Å². The number of hydrogen-bond donors (Lipinski definition) is 2. The second kappa shape index (κ2) is 9.28. The maximum absolute atomic E-state index is 14.1. The first-order valence-corrected chi connectivity index (χ1v) is 14.5. The molecule has 0 aromatic heterocycles. The molecule has 0 radical (unpaired) electrons. The number of aliphatic hydroxyl groups excluding tert-OH is 1. The molecule has 0 saturated heterocycles. The van der Waals surface area contributed by atoms with E-state index in [0.717, 1.165) is 49.9 Å². The molecule has 0 bridgehead atoms. The van der Waals surface area contributed by atoms with Gasteiger partial charge in [0.15, 0.2) is 0 Å². The fraction of sp³-hybridized carbons (Fsp3) is 0.750. The summed E-state index contributed by atoms with van der Waals surface area (Å²) in [6.45, 7) is 9.61. The monoisotopic (exact) mass is 482 g/mol. The Morgan fingerprint density at radius 1 is 1.03 bits per heavy atom. The first-order chi connectivity index (χ1) is 16.6. The summed E-state index contributed by atoms with van der Waals surface area (Å²) in [4.78, 5) is 0. The molecule has 1 aromatic rings. The van der Waals surface area contributed by atoms with E-state index in [9.17, 15) is 14.6 Å². The fourth-order valence-corrected chi connectivity index (χ4v) is 9.51. The predicted octanol–water partition coefficient (Wildman–Crippen LogP) is 8.00. The zero-order chi connectivity index (χ0) is 25.0. The van der Waals surface area contributed by atoms with E-state index < -0.39 is 11.7 Å². The lowest BCUT2D eigenvalue weighted by Crippen LogP contribution is -2.52. The van der Waals surface area contributed by atoms with Gasteiger partial charge in [0, 0.05) is 5.56 Å². The fourth-order valence-electron chi connectivity index (χ4n) is 9.51. The van der Waals surface area contributed by atoms with Crippen LogP contribution in [0.4, 0.5) is 4.39 Å². The van der Waals surface area contributed by atoms with Gasteiger partial charge in [-0.25, -0.2) is 4.39 Å². The smallest absolute Gasteiger partial charge is 0.128 e. The molecular weight excluding hydrogens is 435 g/mol. The van der Waals surface area contributed by atoms with Gasteiger partial charge >= 0.3 is 0 Å². The largest absolute Gasteiger partial charge is 0.390 e. The van der Waals surface area contributed by atoms with Crippen LogP contribution in [0.25, 0.3) is 0 Å². The topological polar surface area (TPSA) is 40.5 Å². The van der Waals surface area contributed by atoms with Crippen LogP contribution >= 0.6 is 0 Å². The van der Waals surface area contributed by atoms with Crippen LogP contribution in [0.3, 0.4) is 0 Å². The summed E-state index contributed by atoms with van der Waals surface area (Å²) < 4.78 is 14.1. The molecule has 35 heavy (non-hydrogen) atoms. The highest BCUT2D eigenvalue weighted by Gasteiger charge is 2.59. The van der Waals surface area contributed by atoms with Crippen LogP contribution < -0.4 is 0 Å². The van der Waals surface area contributed by atoms with Crippen molar-refractivity contribution in [3.8, 4) is 0 Å². The summed E-state index contributed by atoms with van der Waals surface area (Å²) in [5.41, 5.74) is 2.17. The number of aliphatic hydroxyl groups is 2. The third kappa shape index (κ3) is 4.23. The van der Waals surface area contributed by atoms with E-state index >= 15 is 0 Å². The Balaban J connectivity index is 1.28. The van der Waals surface area contributed by atoms with Crippen molar-refractivity contribution in [2.45, 2.75) is 110 Å². The van der Waals surface area contributed by atoms with Gasteiger partial charge in [-0.1, -0.05) is 57.5 Å². The SMILES string of the molecule is CC[C@]1(O)CC[C@@]2(C)C(=CC[C@H]3[C@@H]4CC[C@H]([C@H](C)CCC(O)c5ccccc5F)[C@@]4(C)CC[C@@H]32)C1. The van der Waals surface area contributed by atoms with E-state index in [1.807, 2.05) is 6.07 Å². The van der Waals surface area contributed by atoms with Crippen molar-refractivity contribution < 1.29 is 14.6 Å². The standard InChI is InChI=1S/C32H47FO2/c1-5-32(35)19-18-30(3)22(20-32)11-12-23-26-14-13-25(31(26,4)17-16-27(23)30)21(2)10-15-29(34)24-8-6-7-9-28(24)33/h6-9,11,21,23,25-27,29,34-35H,5,10,12-20H2,1-4H3/t21-,23+,25-,26+,27+,29?,30+,31-,32+/m1/s1. The average Bonchev–Trinajstić information content (AvgIpc) is 3.20. The van der Waals surface area contributed by atoms with E-state index in [2.05, 4.69) is 33.8 Å². The number of rotatable bonds is 6. The number of fused-ring (bicyclic) bond motifs is 5. The van der Waals surface area contributed by atoms with Gasteiger partial charge in [0.05, 0.1) is 11.7 Å². The van der Waals surface area contributed by atoms with Crippen LogP contribution in [-0.2, 0) is 0 Å². The van der Waals surface area contributed by atoms with Crippen LogP contribution in [0.1, 0.15) is 110 Å². The van der Waals surface area contributed by atoms with Crippen molar-refractivity contribution in [1.29, 1.82) is 0 Å². The van der Waals surface area contributed by atoms with E-state index in [1.54, 1.807) is 17.7 Å². The van der Waals surface area contributed by atoms with Crippen molar-refractivity contribution in [1.82, 2.24) is 0 Å². The Morgan fingerprint density at radius 3 is 2.54 bits per heavy atom. The average molecular weight is 483 g/mol. The number of benzene rings is 1. The van der Waals surface area contributed by atoms with E-state index in [1.165, 1.54) is 38.2 Å². The Bertz CT molecular complexity index is 957. The summed E-state index contributed by atoms with van der Waals surface area (Å²) in [5.74, 6) is 3.26. The quantitative estimate of drug-likeness (QED) is 0.403. The van der Waals surface area contributed by atoms with Gasteiger partial charge in [-0.3, -0.25) is 0 Å². The van der Waals surface area contributed by atoms with Crippen LogP contribution in [0.15, 0.2) is 35.9 Å². The Morgan fingerprint density at radius 2 is 1.80 bits per heavy atom. The second-order valence-corrected chi connectivity index (χ2v) is 13.3. The molecule has 9 atom stereocenters. The van der Waals surface area contributed by atoms with Crippen LogP contribution in [0.2, 0.25) is 0 Å². The Labute approximate surface area is 212 Å². The first-order valence-electron chi connectivity index (χ1n) is 14.5. The van der Waals surface area contributed by atoms with Gasteiger partial charge in [-0.05, 0) is 117 Å². The Hall–Kier alpha value is -1.19. The van der Waals surface area contributed by atoms with Gasteiger partial charge in [0.2, 0.25) is 0 Å². The highest BCUT2D eigenvalue weighted by atomic mass is 19.1. The third-order valence-electron chi connectivity index (χ3n) is 11.8. The maximum Gasteiger partial charge on any atom is 0.128 e. The summed E-state index contributed by atoms with van der Waals surface area (Å²) in [7, 11) is 0. The van der Waals surface area contributed by atoms with Crippen molar-refractivity contribution in [3.63, 3.8) is 0 Å². The highest BCUT2D eigenvalue weighted by molar-refractivity contribution is 5.27. The molecule has 2 nitrogen and oxygen atoms in total. The molecule has 5 rings (SSSR count). The number of halogens is 1. The zero-order valence-corrected chi connectivity index (χ0v) is 22.4. The Kier molecular flexibility index (Phi) is 6.75. The van der Waals surface area contributed by atoms with Crippen LogP contribution in [0.5, 0.6) is 0 Å². The minimum Gasteiger partial charge on any atom is -0.390 e. The third-order valence-corrected chi connectivity index (χ3v) is 11.8. The van der Waals surface area contributed by atoms with Gasteiger partial charge in [-0.2, -0.15) is 0 Å². The summed E-state index contributed by atoms with van der Waals surface area (Å²) in [5, 5.41) is 21.7. The number of hydrogen-bond acceptors (Lipinski definition) is 2. The minimum absolute atomic E-state index is 0.277. The first kappa shape index (κ1) is 25.5. The van der Waals surface area contributed by atoms with E-state index in [0.29, 0.717) is 29.2 Å². The molecule has 0 heterocycles. The molecule has 3 saturated carbocycles. The predicted molar refractivity (Wildman–Crippen MR) is 140 cm³/mol. The molecule has 1 unspecified atom stereocenters. The summed E-state index contributed by atoms with van der Waals surface area (Å²) in [6.07, 6.45) is 13.7. The highest BCUT2D eigenvalue weighted by Crippen LogP contribution is 2.67. The number of allylic oxidation sites excluding steroid dienone is 1. The molecular formula is C32H47FO2. The lowest BCUT2D eigenvalue weighted by molar-refractivity contribution is -0.0757. The molecule has 194 valence electrons. The van der Waals surface area contributed by atoms with Crippen molar-refractivity contribution >= 4 is 0 Å². The van der Waals surface area contributed by atoms with Crippen LogP contribution in [-0.4, -0.2) is 15.8 Å². The van der Waals surface area contributed by atoms with Gasteiger partial charge in [0.25, 0.3) is 0 Å². The van der Waals surface area contributed by atoms with Crippen LogP contribution in [0, 0.1) is 46.2 Å². The van der Waals surface area contributed by atoms with E-state index in [-0.39, 0.29) is 11.2 Å². The molecule has 0 amide bonds. The minimum atomic E-state index is -0.714.